The first-order valence-electron chi connectivity index (χ1n) is 9.42. The smallest absolute Gasteiger partial charge is 0.233 e. The lowest BCUT2D eigenvalue weighted by atomic mass is 10.2. The van der Waals surface area contributed by atoms with E-state index in [1.807, 2.05) is 39.8 Å². The van der Waals surface area contributed by atoms with E-state index in [1.54, 1.807) is 12.1 Å². The molecule has 0 saturated carbocycles. The van der Waals surface area contributed by atoms with Crippen molar-refractivity contribution in [1.82, 2.24) is 19.7 Å². The van der Waals surface area contributed by atoms with E-state index in [0.29, 0.717) is 43.8 Å². The van der Waals surface area contributed by atoms with Gasteiger partial charge in [0.25, 0.3) is 0 Å². The number of carbonyl (C=O) groups is 1. The number of benzene rings is 2. The van der Waals surface area contributed by atoms with E-state index < -0.39 is 0 Å². The fourth-order valence-corrected chi connectivity index (χ4v) is 3.99. The largest absolute Gasteiger partial charge is 0.378 e. The Kier molecular flexibility index (Phi) is 6.21. The maximum absolute atomic E-state index is 13.3. The molecular formula is C21H21FN4O2S. The monoisotopic (exact) mass is 412 g/mol. The van der Waals surface area contributed by atoms with Crippen molar-refractivity contribution in [3.8, 4) is 11.4 Å². The van der Waals surface area contributed by atoms with Crippen molar-refractivity contribution in [2.75, 3.05) is 32.1 Å². The van der Waals surface area contributed by atoms with Crippen LogP contribution in [0.15, 0.2) is 59.8 Å². The zero-order chi connectivity index (χ0) is 20.1. The highest BCUT2D eigenvalue weighted by Crippen LogP contribution is 2.25. The molecule has 1 fully saturated rings. The maximum Gasteiger partial charge on any atom is 0.233 e. The van der Waals surface area contributed by atoms with Crippen LogP contribution in [0.5, 0.6) is 0 Å². The summed E-state index contributed by atoms with van der Waals surface area (Å²) in [7, 11) is 0. The van der Waals surface area contributed by atoms with Crippen LogP contribution in [0.4, 0.5) is 4.39 Å². The number of amides is 1. The van der Waals surface area contributed by atoms with Crippen LogP contribution in [0, 0.1) is 5.82 Å². The standard InChI is InChI=1S/C21H21FN4O2S/c22-18-8-6-17(7-9-18)20-23-24-21(26(20)14-16-4-2-1-3-5-16)29-15-19(27)25-10-12-28-13-11-25/h1-9H,10-15H2. The number of morpholine rings is 1. The Labute approximate surface area is 172 Å². The van der Waals surface area contributed by atoms with Crippen LogP contribution in [0.3, 0.4) is 0 Å². The van der Waals surface area contributed by atoms with Crippen LogP contribution in [0.2, 0.25) is 0 Å². The summed E-state index contributed by atoms with van der Waals surface area (Å²) < 4.78 is 20.6. The minimum absolute atomic E-state index is 0.0656. The van der Waals surface area contributed by atoms with Crippen molar-refractivity contribution < 1.29 is 13.9 Å². The van der Waals surface area contributed by atoms with E-state index in [-0.39, 0.29) is 17.5 Å². The summed E-state index contributed by atoms with van der Waals surface area (Å²) in [6.45, 7) is 2.97. The van der Waals surface area contributed by atoms with Crippen molar-refractivity contribution in [3.05, 3.63) is 66.0 Å². The molecule has 0 N–H and O–H groups in total. The number of nitrogens with zero attached hydrogens (tertiary/aromatic N) is 4. The van der Waals surface area contributed by atoms with Crippen molar-refractivity contribution in [1.29, 1.82) is 0 Å². The lowest BCUT2D eigenvalue weighted by molar-refractivity contribution is -0.132. The first-order chi connectivity index (χ1) is 14.2. The molecule has 1 aliphatic rings. The highest BCUT2D eigenvalue weighted by atomic mass is 32.2. The normalized spacial score (nSPS) is 14.2. The van der Waals surface area contributed by atoms with Crippen LogP contribution >= 0.6 is 11.8 Å². The SMILES string of the molecule is O=C(CSc1nnc(-c2ccc(F)cc2)n1Cc1ccccc1)N1CCOCC1. The topological polar surface area (TPSA) is 60.2 Å². The fourth-order valence-electron chi connectivity index (χ4n) is 3.15. The molecule has 29 heavy (non-hydrogen) atoms. The van der Waals surface area contributed by atoms with Gasteiger partial charge in [0.2, 0.25) is 5.91 Å². The lowest BCUT2D eigenvalue weighted by Gasteiger charge is -2.26. The molecule has 0 radical (unpaired) electrons. The summed E-state index contributed by atoms with van der Waals surface area (Å²) in [5.74, 6) is 0.704. The Morgan fingerprint density at radius 2 is 1.76 bits per heavy atom. The van der Waals surface area contributed by atoms with Crippen LogP contribution in [-0.2, 0) is 16.1 Å². The zero-order valence-corrected chi connectivity index (χ0v) is 16.6. The summed E-state index contributed by atoms with van der Waals surface area (Å²) in [6, 6.07) is 16.2. The minimum Gasteiger partial charge on any atom is -0.378 e. The van der Waals surface area contributed by atoms with Crippen LogP contribution in [-0.4, -0.2) is 57.6 Å². The molecule has 0 atom stereocenters. The summed E-state index contributed by atoms with van der Waals surface area (Å²) >= 11 is 1.37. The number of hydrogen-bond donors (Lipinski definition) is 0. The summed E-state index contributed by atoms with van der Waals surface area (Å²) in [4.78, 5) is 14.3. The predicted molar refractivity (Wildman–Crippen MR) is 109 cm³/mol. The molecule has 1 aromatic heterocycles. The first-order valence-corrected chi connectivity index (χ1v) is 10.4. The number of rotatable bonds is 6. The summed E-state index contributed by atoms with van der Waals surface area (Å²) in [5, 5.41) is 9.30. The zero-order valence-electron chi connectivity index (χ0n) is 15.8. The average molecular weight is 412 g/mol. The Bertz CT molecular complexity index is 957. The highest BCUT2D eigenvalue weighted by Gasteiger charge is 2.20. The van der Waals surface area contributed by atoms with Gasteiger partial charge in [-0.3, -0.25) is 9.36 Å². The second-order valence-corrected chi connectivity index (χ2v) is 7.61. The molecule has 0 spiro atoms. The number of halogens is 1. The van der Waals surface area contributed by atoms with Gasteiger partial charge in [0, 0.05) is 18.7 Å². The van der Waals surface area contributed by atoms with Gasteiger partial charge >= 0.3 is 0 Å². The van der Waals surface area contributed by atoms with Crippen molar-refractivity contribution in [2.45, 2.75) is 11.7 Å². The van der Waals surface area contributed by atoms with Crippen LogP contribution < -0.4 is 0 Å². The number of carbonyl (C=O) groups excluding carboxylic acids is 1. The Hall–Kier alpha value is -2.71. The van der Waals surface area contributed by atoms with E-state index >= 15 is 0 Å². The molecular weight excluding hydrogens is 391 g/mol. The molecule has 4 rings (SSSR count). The molecule has 1 saturated heterocycles. The van der Waals surface area contributed by atoms with E-state index in [4.69, 9.17) is 4.74 Å². The lowest BCUT2D eigenvalue weighted by Crippen LogP contribution is -2.41. The minimum atomic E-state index is -0.298. The third-order valence-electron chi connectivity index (χ3n) is 4.69. The summed E-state index contributed by atoms with van der Waals surface area (Å²) in [5.41, 5.74) is 1.87. The van der Waals surface area contributed by atoms with E-state index in [1.165, 1.54) is 23.9 Å². The molecule has 2 aromatic carbocycles. The van der Waals surface area contributed by atoms with Crippen LogP contribution in [0.1, 0.15) is 5.56 Å². The number of hydrogen-bond acceptors (Lipinski definition) is 5. The number of aromatic nitrogens is 3. The molecule has 1 aliphatic heterocycles. The second kappa shape index (κ2) is 9.19. The molecule has 0 unspecified atom stereocenters. The predicted octanol–water partition coefficient (Wildman–Crippen LogP) is 3.08. The third-order valence-corrected chi connectivity index (χ3v) is 5.64. The van der Waals surface area contributed by atoms with Gasteiger partial charge in [-0.05, 0) is 29.8 Å². The van der Waals surface area contributed by atoms with Gasteiger partial charge in [0.15, 0.2) is 11.0 Å². The molecule has 6 nitrogen and oxygen atoms in total. The summed E-state index contributed by atoms with van der Waals surface area (Å²) in [6.07, 6.45) is 0. The van der Waals surface area contributed by atoms with Gasteiger partial charge in [-0.2, -0.15) is 0 Å². The molecule has 3 aromatic rings. The second-order valence-electron chi connectivity index (χ2n) is 6.67. The van der Waals surface area contributed by atoms with Crippen LogP contribution in [0.25, 0.3) is 11.4 Å². The van der Waals surface area contributed by atoms with E-state index in [0.717, 1.165) is 11.1 Å². The number of ether oxygens (including phenoxy) is 1. The molecule has 0 bridgehead atoms. The molecule has 2 heterocycles. The van der Waals surface area contributed by atoms with Crippen molar-refractivity contribution >= 4 is 17.7 Å². The molecule has 8 heteroatoms. The number of thioether (sulfide) groups is 1. The maximum atomic E-state index is 13.3. The quantitative estimate of drug-likeness (QED) is 0.583. The van der Waals surface area contributed by atoms with Crippen molar-refractivity contribution in [3.63, 3.8) is 0 Å². The Balaban J connectivity index is 1.57. The molecule has 0 aliphatic carbocycles. The van der Waals surface area contributed by atoms with Gasteiger partial charge in [-0.1, -0.05) is 42.1 Å². The van der Waals surface area contributed by atoms with Gasteiger partial charge < -0.3 is 9.64 Å². The average Bonchev–Trinajstić information content (AvgIpc) is 3.16. The van der Waals surface area contributed by atoms with Gasteiger partial charge in [-0.15, -0.1) is 10.2 Å². The van der Waals surface area contributed by atoms with Gasteiger partial charge in [0.1, 0.15) is 5.82 Å². The van der Waals surface area contributed by atoms with Gasteiger partial charge in [0.05, 0.1) is 25.5 Å². The fraction of sp³-hybridized carbons (Fsp3) is 0.286. The Morgan fingerprint density at radius 1 is 1.03 bits per heavy atom. The first kappa shape index (κ1) is 19.6. The third kappa shape index (κ3) is 4.83. The molecule has 150 valence electrons. The highest BCUT2D eigenvalue weighted by molar-refractivity contribution is 7.99. The van der Waals surface area contributed by atoms with Crippen molar-refractivity contribution in [2.24, 2.45) is 0 Å². The van der Waals surface area contributed by atoms with Gasteiger partial charge in [-0.25, -0.2) is 4.39 Å². The van der Waals surface area contributed by atoms with E-state index in [9.17, 15) is 9.18 Å². The Morgan fingerprint density at radius 3 is 2.48 bits per heavy atom. The van der Waals surface area contributed by atoms with E-state index in [2.05, 4.69) is 10.2 Å². The molecule has 1 amide bonds.